The van der Waals surface area contributed by atoms with E-state index in [9.17, 15) is 10.2 Å². The molecule has 0 spiro atoms. The zero-order valence-electron chi connectivity index (χ0n) is 14.8. The number of rotatable bonds is 2. The smallest absolute Gasteiger partial charge is 0.203 e. The molecule has 2 saturated carbocycles. The molecule has 132 valence electrons. The zero-order chi connectivity index (χ0) is 17.1. The molecular formula is C20H28O4. The predicted molar refractivity (Wildman–Crippen MR) is 91.8 cm³/mol. The molecule has 0 heterocycles. The molecular weight excluding hydrogens is 304 g/mol. The molecule has 0 unspecified atom stereocenters. The average Bonchev–Trinajstić information content (AvgIpc) is 2.89. The second-order valence-corrected chi connectivity index (χ2v) is 8.08. The van der Waals surface area contributed by atoms with Crippen molar-refractivity contribution in [2.75, 3.05) is 14.2 Å². The zero-order valence-corrected chi connectivity index (χ0v) is 14.8. The third-order valence-corrected chi connectivity index (χ3v) is 7.30. The van der Waals surface area contributed by atoms with Gasteiger partial charge in [0.15, 0.2) is 11.5 Å². The number of ether oxygens (including phenoxy) is 2. The number of aliphatic hydroxyl groups excluding tert-OH is 1. The van der Waals surface area contributed by atoms with Crippen LogP contribution < -0.4 is 9.47 Å². The van der Waals surface area contributed by atoms with E-state index in [0.717, 1.165) is 44.1 Å². The van der Waals surface area contributed by atoms with E-state index in [0.29, 0.717) is 29.3 Å². The quantitative estimate of drug-likeness (QED) is 0.868. The number of aromatic hydroxyl groups is 1. The Bertz CT molecular complexity index is 656. The highest BCUT2D eigenvalue weighted by Gasteiger charge is 2.54. The van der Waals surface area contributed by atoms with Crippen LogP contribution in [0.25, 0.3) is 0 Å². The first-order valence-electron chi connectivity index (χ1n) is 9.16. The third-order valence-electron chi connectivity index (χ3n) is 7.30. The number of phenols is 1. The molecule has 1 aromatic carbocycles. The fourth-order valence-electron chi connectivity index (χ4n) is 5.99. The summed E-state index contributed by atoms with van der Waals surface area (Å²) in [4.78, 5) is 0. The predicted octanol–water partition coefficient (Wildman–Crippen LogP) is 3.63. The SMILES string of the molecule is COc1cc2c(c(O)c1OC)CC[C@@H]1[C@@H]2CC[C@]2(C)[C@@H](O)CC[C@@H]12. The van der Waals surface area contributed by atoms with Crippen molar-refractivity contribution in [2.24, 2.45) is 17.3 Å². The summed E-state index contributed by atoms with van der Waals surface area (Å²) < 4.78 is 10.8. The summed E-state index contributed by atoms with van der Waals surface area (Å²) in [5.74, 6) is 2.98. The molecule has 0 bridgehead atoms. The van der Waals surface area contributed by atoms with Crippen LogP contribution in [0.4, 0.5) is 0 Å². The summed E-state index contributed by atoms with van der Waals surface area (Å²) in [6, 6.07) is 2.08. The van der Waals surface area contributed by atoms with Crippen molar-refractivity contribution in [1.29, 1.82) is 0 Å². The van der Waals surface area contributed by atoms with Gasteiger partial charge < -0.3 is 19.7 Å². The van der Waals surface area contributed by atoms with Crippen molar-refractivity contribution in [3.8, 4) is 17.2 Å². The lowest BCUT2D eigenvalue weighted by molar-refractivity contribution is -0.0227. The van der Waals surface area contributed by atoms with Crippen LogP contribution in [-0.4, -0.2) is 30.5 Å². The number of aliphatic hydroxyl groups is 1. The minimum atomic E-state index is -0.149. The summed E-state index contributed by atoms with van der Waals surface area (Å²) in [5.41, 5.74) is 2.36. The maximum Gasteiger partial charge on any atom is 0.203 e. The minimum absolute atomic E-state index is 0.0806. The molecule has 5 atom stereocenters. The largest absolute Gasteiger partial charge is 0.504 e. The van der Waals surface area contributed by atoms with E-state index in [2.05, 4.69) is 13.0 Å². The number of hydrogen-bond acceptors (Lipinski definition) is 4. The molecule has 0 aromatic heterocycles. The highest BCUT2D eigenvalue weighted by molar-refractivity contribution is 5.60. The molecule has 4 nitrogen and oxygen atoms in total. The van der Waals surface area contributed by atoms with E-state index in [1.54, 1.807) is 14.2 Å². The Morgan fingerprint density at radius 3 is 2.62 bits per heavy atom. The van der Waals surface area contributed by atoms with Crippen LogP contribution in [0.5, 0.6) is 17.2 Å². The molecule has 4 heteroatoms. The molecule has 0 amide bonds. The molecule has 1 aromatic rings. The Morgan fingerprint density at radius 2 is 1.92 bits per heavy atom. The van der Waals surface area contributed by atoms with Gasteiger partial charge in [0.2, 0.25) is 5.75 Å². The van der Waals surface area contributed by atoms with Crippen molar-refractivity contribution >= 4 is 0 Å². The van der Waals surface area contributed by atoms with Crippen LogP contribution >= 0.6 is 0 Å². The molecule has 4 rings (SSSR count). The fourth-order valence-corrected chi connectivity index (χ4v) is 5.99. The Hall–Kier alpha value is -1.42. The third kappa shape index (κ3) is 2.01. The molecule has 0 aliphatic heterocycles. The topological polar surface area (TPSA) is 58.9 Å². The van der Waals surface area contributed by atoms with Gasteiger partial charge in [-0.2, -0.15) is 0 Å². The second-order valence-electron chi connectivity index (χ2n) is 8.08. The van der Waals surface area contributed by atoms with Crippen LogP contribution in [0, 0.1) is 17.3 Å². The van der Waals surface area contributed by atoms with Gasteiger partial charge >= 0.3 is 0 Å². The Labute approximate surface area is 143 Å². The summed E-state index contributed by atoms with van der Waals surface area (Å²) in [5, 5.41) is 21.2. The molecule has 0 saturated heterocycles. The van der Waals surface area contributed by atoms with E-state index in [4.69, 9.17) is 9.47 Å². The lowest BCUT2D eigenvalue weighted by Gasteiger charge is -2.50. The van der Waals surface area contributed by atoms with E-state index in [1.165, 1.54) is 5.56 Å². The first kappa shape index (κ1) is 16.1. The molecule has 24 heavy (non-hydrogen) atoms. The van der Waals surface area contributed by atoms with Gasteiger partial charge in [-0.1, -0.05) is 6.92 Å². The first-order valence-corrected chi connectivity index (χ1v) is 9.16. The van der Waals surface area contributed by atoms with Crippen molar-refractivity contribution in [1.82, 2.24) is 0 Å². The lowest BCUT2D eigenvalue weighted by atomic mass is 9.55. The van der Waals surface area contributed by atoms with E-state index >= 15 is 0 Å². The van der Waals surface area contributed by atoms with Gasteiger partial charge in [-0.05, 0) is 73.3 Å². The Kier molecular flexibility index (Phi) is 3.72. The minimum Gasteiger partial charge on any atom is -0.504 e. The first-order chi connectivity index (χ1) is 11.5. The molecule has 0 radical (unpaired) electrons. The van der Waals surface area contributed by atoms with Crippen LogP contribution in [0.1, 0.15) is 56.1 Å². The van der Waals surface area contributed by atoms with Gasteiger partial charge in [0.05, 0.1) is 20.3 Å². The highest BCUT2D eigenvalue weighted by atomic mass is 16.5. The van der Waals surface area contributed by atoms with Gasteiger partial charge in [0, 0.05) is 5.56 Å². The Morgan fingerprint density at radius 1 is 1.12 bits per heavy atom. The lowest BCUT2D eigenvalue weighted by Crippen LogP contribution is -2.43. The molecule has 3 aliphatic carbocycles. The van der Waals surface area contributed by atoms with E-state index in [-0.39, 0.29) is 17.3 Å². The maximum atomic E-state index is 10.7. The van der Waals surface area contributed by atoms with Crippen molar-refractivity contribution in [3.05, 3.63) is 17.2 Å². The standard InChI is InChI=1S/C20H28O4/c1-20-9-8-11-12(15(20)6-7-17(20)21)4-5-13-14(11)10-16(23-2)19(24-3)18(13)22/h10-12,15,17,21-22H,4-9H2,1-3H3/t11-,12+,15-,17-,20-/m0/s1. The monoisotopic (exact) mass is 332 g/mol. The normalized spacial score (nSPS) is 37.3. The molecule has 2 fully saturated rings. The number of phenolic OH excluding ortho intramolecular Hbond substituents is 1. The summed E-state index contributed by atoms with van der Waals surface area (Å²) >= 11 is 0. The summed E-state index contributed by atoms with van der Waals surface area (Å²) in [7, 11) is 3.19. The van der Waals surface area contributed by atoms with Crippen molar-refractivity contribution in [2.45, 2.75) is 57.5 Å². The number of fused-ring (bicyclic) bond motifs is 5. The van der Waals surface area contributed by atoms with E-state index in [1.807, 2.05) is 0 Å². The highest BCUT2D eigenvalue weighted by Crippen LogP contribution is 2.62. The second kappa shape index (κ2) is 5.55. The summed E-state index contributed by atoms with van der Waals surface area (Å²) in [6.45, 7) is 2.28. The Balaban J connectivity index is 1.76. The van der Waals surface area contributed by atoms with Crippen LogP contribution in [-0.2, 0) is 6.42 Å². The van der Waals surface area contributed by atoms with Gasteiger partial charge in [-0.25, -0.2) is 0 Å². The number of hydrogen-bond donors (Lipinski definition) is 2. The fraction of sp³-hybridized carbons (Fsp3) is 0.700. The van der Waals surface area contributed by atoms with Crippen LogP contribution in [0.2, 0.25) is 0 Å². The van der Waals surface area contributed by atoms with Gasteiger partial charge in [-0.15, -0.1) is 0 Å². The van der Waals surface area contributed by atoms with E-state index < -0.39 is 0 Å². The number of methoxy groups -OCH3 is 2. The van der Waals surface area contributed by atoms with Crippen molar-refractivity contribution in [3.63, 3.8) is 0 Å². The van der Waals surface area contributed by atoms with Gasteiger partial charge in [0.1, 0.15) is 0 Å². The van der Waals surface area contributed by atoms with Crippen molar-refractivity contribution < 1.29 is 19.7 Å². The molecule has 2 N–H and O–H groups in total. The van der Waals surface area contributed by atoms with Crippen LogP contribution in [0.3, 0.4) is 0 Å². The summed E-state index contributed by atoms with van der Waals surface area (Å²) in [6.07, 6.45) is 6.04. The average molecular weight is 332 g/mol. The van der Waals surface area contributed by atoms with Gasteiger partial charge in [0.25, 0.3) is 0 Å². The molecule has 3 aliphatic rings. The van der Waals surface area contributed by atoms with Gasteiger partial charge in [-0.3, -0.25) is 0 Å². The maximum absolute atomic E-state index is 10.7. The number of benzene rings is 1. The van der Waals surface area contributed by atoms with Crippen LogP contribution in [0.15, 0.2) is 6.07 Å².